The van der Waals surface area contributed by atoms with Crippen LogP contribution in [0.3, 0.4) is 0 Å². The highest BCUT2D eigenvalue weighted by Crippen LogP contribution is 2.26. The highest BCUT2D eigenvalue weighted by Gasteiger charge is 2.25. The Morgan fingerprint density at radius 1 is 1.00 bits per heavy atom. The molecule has 0 unspecified atom stereocenters. The fourth-order valence-electron chi connectivity index (χ4n) is 2.88. The first-order valence-corrected chi connectivity index (χ1v) is 8.21. The fourth-order valence-corrected chi connectivity index (χ4v) is 2.88. The zero-order valence-electron chi connectivity index (χ0n) is 14.6. The van der Waals surface area contributed by atoms with Crippen LogP contribution < -0.4 is 10.4 Å². The smallest absolute Gasteiger partial charge is 0.246 e. The molecule has 0 saturated carbocycles. The van der Waals surface area contributed by atoms with Crippen LogP contribution in [0.1, 0.15) is 29.9 Å². The maximum atomic E-state index is 12.9. The SMILES string of the molecule is Cc1noc(C)c1[C@H](C)C(=O)NN(c1ccccc1)c1ccccc1. The van der Waals surface area contributed by atoms with Gasteiger partial charge in [-0.05, 0) is 45.0 Å². The number of hydrazine groups is 1. The fraction of sp³-hybridized carbons (Fsp3) is 0.200. The number of para-hydroxylation sites is 2. The van der Waals surface area contributed by atoms with Gasteiger partial charge in [-0.3, -0.25) is 15.2 Å². The summed E-state index contributed by atoms with van der Waals surface area (Å²) < 4.78 is 5.20. The van der Waals surface area contributed by atoms with Crippen molar-refractivity contribution in [3.63, 3.8) is 0 Å². The minimum Gasteiger partial charge on any atom is -0.361 e. The topological polar surface area (TPSA) is 58.4 Å². The molecule has 5 heteroatoms. The van der Waals surface area contributed by atoms with Crippen molar-refractivity contribution in [3.8, 4) is 0 Å². The molecular formula is C20H21N3O2. The summed E-state index contributed by atoms with van der Waals surface area (Å²) in [5.41, 5.74) is 6.36. The van der Waals surface area contributed by atoms with E-state index in [1.165, 1.54) is 0 Å². The lowest BCUT2D eigenvalue weighted by Gasteiger charge is -2.27. The van der Waals surface area contributed by atoms with Gasteiger partial charge in [-0.15, -0.1) is 0 Å². The average Bonchev–Trinajstić information content (AvgIpc) is 2.98. The van der Waals surface area contributed by atoms with Crippen LogP contribution in [0.2, 0.25) is 0 Å². The van der Waals surface area contributed by atoms with Gasteiger partial charge >= 0.3 is 0 Å². The van der Waals surface area contributed by atoms with Gasteiger partial charge in [-0.2, -0.15) is 0 Å². The molecule has 0 radical (unpaired) electrons. The molecule has 0 bridgehead atoms. The van der Waals surface area contributed by atoms with Gasteiger partial charge in [0.1, 0.15) is 5.76 Å². The lowest BCUT2D eigenvalue weighted by atomic mass is 9.99. The molecule has 1 amide bonds. The van der Waals surface area contributed by atoms with E-state index >= 15 is 0 Å². The number of amides is 1. The first kappa shape index (κ1) is 16.8. The molecule has 0 saturated heterocycles. The van der Waals surface area contributed by atoms with Gasteiger partial charge in [-0.1, -0.05) is 41.6 Å². The number of anilines is 2. The Kier molecular flexibility index (Phi) is 4.84. The second-order valence-electron chi connectivity index (χ2n) is 5.94. The zero-order chi connectivity index (χ0) is 17.8. The van der Waals surface area contributed by atoms with E-state index in [0.29, 0.717) is 5.76 Å². The molecule has 25 heavy (non-hydrogen) atoms. The molecule has 128 valence electrons. The number of hydrogen-bond acceptors (Lipinski definition) is 4. The summed E-state index contributed by atoms with van der Waals surface area (Å²) in [6.45, 7) is 5.53. The van der Waals surface area contributed by atoms with E-state index in [1.54, 1.807) is 5.01 Å². The molecule has 1 aromatic heterocycles. The van der Waals surface area contributed by atoms with Crippen LogP contribution in [0.15, 0.2) is 65.2 Å². The monoisotopic (exact) mass is 335 g/mol. The Morgan fingerprint density at radius 2 is 1.52 bits per heavy atom. The maximum absolute atomic E-state index is 12.9. The lowest BCUT2D eigenvalue weighted by molar-refractivity contribution is -0.122. The third-order valence-corrected chi connectivity index (χ3v) is 4.17. The van der Waals surface area contributed by atoms with Crippen LogP contribution in [0.4, 0.5) is 11.4 Å². The minimum atomic E-state index is -0.374. The molecule has 0 spiro atoms. The van der Waals surface area contributed by atoms with Gasteiger partial charge in [-0.25, -0.2) is 0 Å². The van der Waals surface area contributed by atoms with Crippen molar-refractivity contribution in [2.24, 2.45) is 0 Å². The van der Waals surface area contributed by atoms with E-state index in [2.05, 4.69) is 10.6 Å². The molecule has 0 aliphatic heterocycles. The molecule has 0 fully saturated rings. The summed E-state index contributed by atoms with van der Waals surface area (Å²) in [5, 5.41) is 5.74. The van der Waals surface area contributed by atoms with E-state index in [9.17, 15) is 4.79 Å². The van der Waals surface area contributed by atoms with E-state index in [0.717, 1.165) is 22.6 Å². The summed E-state index contributed by atoms with van der Waals surface area (Å²) in [6, 6.07) is 19.5. The van der Waals surface area contributed by atoms with Crippen molar-refractivity contribution in [3.05, 3.63) is 77.7 Å². The number of rotatable bonds is 5. The molecule has 1 N–H and O–H groups in total. The van der Waals surface area contributed by atoms with Crippen molar-refractivity contribution < 1.29 is 9.32 Å². The number of aromatic nitrogens is 1. The predicted octanol–water partition coefficient (Wildman–Crippen LogP) is 4.26. The first-order chi connectivity index (χ1) is 12.1. The van der Waals surface area contributed by atoms with Crippen molar-refractivity contribution in [2.75, 3.05) is 5.01 Å². The van der Waals surface area contributed by atoms with Gasteiger partial charge in [0.15, 0.2) is 0 Å². The van der Waals surface area contributed by atoms with E-state index in [1.807, 2.05) is 81.4 Å². The van der Waals surface area contributed by atoms with Crippen LogP contribution >= 0.6 is 0 Å². The summed E-state index contributed by atoms with van der Waals surface area (Å²) >= 11 is 0. The number of benzene rings is 2. The van der Waals surface area contributed by atoms with Crippen LogP contribution in [-0.2, 0) is 4.79 Å². The number of nitrogens with zero attached hydrogens (tertiary/aromatic N) is 2. The highest BCUT2D eigenvalue weighted by molar-refractivity contribution is 5.86. The van der Waals surface area contributed by atoms with Crippen molar-refractivity contribution in [2.45, 2.75) is 26.7 Å². The molecule has 3 aromatic rings. The number of nitrogens with one attached hydrogen (secondary N) is 1. The third kappa shape index (κ3) is 3.55. The predicted molar refractivity (Wildman–Crippen MR) is 97.6 cm³/mol. The number of carbonyl (C=O) groups excluding carboxylic acids is 1. The summed E-state index contributed by atoms with van der Waals surface area (Å²) in [7, 11) is 0. The first-order valence-electron chi connectivity index (χ1n) is 8.21. The quantitative estimate of drug-likeness (QED) is 0.708. The molecule has 3 rings (SSSR count). The molecule has 5 nitrogen and oxygen atoms in total. The Hall–Kier alpha value is -3.08. The Morgan fingerprint density at radius 3 is 1.96 bits per heavy atom. The van der Waals surface area contributed by atoms with Crippen molar-refractivity contribution in [1.82, 2.24) is 10.6 Å². The van der Waals surface area contributed by atoms with Crippen LogP contribution in [0, 0.1) is 13.8 Å². The Balaban J connectivity index is 1.89. The zero-order valence-corrected chi connectivity index (χ0v) is 14.6. The highest BCUT2D eigenvalue weighted by atomic mass is 16.5. The standard InChI is InChI=1S/C20H21N3O2/c1-14(19-15(2)22-25-16(19)3)20(24)21-23(17-10-6-4-7-11-17)18-12-8-5-9-13-18/h4-14H,1-3H3,(H,21,24)/t14-/m0/s1. The van der Waals surface area contributed by atoms with Gasteiger partial charge in [0.25, 0.3) is 0 Å². The van der Waals surface area contributed by atoms with Crippen LogP contribution in [-0.4, -0.2) is 11.1 Å². The largest absolute Gasteiger partial charge is 0.361 e. The van der Waals surface area contributed by atoms with Gasteiger partial charge in [0.05, 0.1) is 23.0 Å². The average molecular weight is 335 g/mol. The van der Waals surface area contributed by atoms with Gasteiger partial charge in [0.2, 0.25) is 5.91 Å². The Bertz CT molecular complexity index is 785. The lowest BCUT2D eigenvalue weighted by Crippen LogP contribution is -2.41. The van der Waals surface area contributed by atoms with E-state index < -0.39 is 0 Å². The van der Waals surface area contributed by atoms with E-state index in [4.69, 9.17) is 4.52 Å². The second kappa shape index (κ2) is 7.21. The number of aryl methyl sites for hydroxylation is 2. The molecule has 0 aliphatic rings. The molecule has 2 aromatic carbocycles. The van der Waals surface area contributed by atoms with Crippen molar-refractivity contribution in [1.29, 1.82) is 0 Å². The Labute approximate surface area is 147 Å². The van der Waals surface area contributed by atoms with E-state index in [-0.39, 0.29) is 11.8 Å². The van der Waals surface area contributed by atoms with Crippen molar-refractivity contribution >= 4 is 17.3 Å². The van der Waals surface area contributed by atoms with Gasteiger partial charge in [0, 0.05) is 5.56 Å². The molecular weight excluding hydrogens is 314 g/mol. The number of hydrogen-bond donors (Lipinski definition) is 1. The van der Waals surface area contributed by atoms with Gasteiger partial charge < -0.3 is 4.52 Å². The van der Waals surface area contributed by atoms with Crippen LogP contribution in [0.25, 0.3) is 0 Å². The normalized spacial score (nSPS) is 11.8. The third-order valence-electron chi connectivity index (χ3n) is 4.17. The molecule has 1 heterocycles. The van der Waals surface area contributed by atoms with Crippen LogP contribution in [0.5, 0.6) is 0 Å². The summed E-state index contributed by atoms with van der Waals surface area (Å²) in [6.07, 6.45) is 0. The minimum absolute atomic E-state index is 0.123. The number of carbonyl (C=O) groups is 1. The summed E-state index contributed by atoms with van der Waals surface area (Å²) in [5.74, 6) is 0.175. The summed E-state index contributed by atoms with van der Waals surface area (Å²) in [4.78, 5) is 12.9. The second-order valence-corrected chi connectivity index (χ2v) is 5.94. The maximum Gasteiger partial charge on any atom is 0.246 e. The molecule has 1 atom stereocenters. The molecule has 0 aliphatic carbocycles.